The van der Waals surface area contributed by atoms with E-state index in [4.69, 9.17) is 19.4 Å². The summed E-state index contributed by atoms with van der Waals surface area (Å²) in [5, 5.41) is 1.17. The number of piperazine rings is 1. The van der Waals surface area contributed by atoms with Gasteiger partial charge in [0.15, 0.2) is 0 Å². The molecule has 12 heteroatoms. The number of alkyl halides is 2. The fourth-order valence-corrected chi connectivity index (χ4v) is 6.64. The highest BCUT2D eigenvalue weighted by molar-refractivity contribution is 5.95. The molecule has 3 aliphatic rings. The van der Waals surface area contributed by atoms with Gasteiger partial charge >= 0.3 is 6.01 Å². The highest BCUT2D eigenvalue weighted by Gasteiger charge is 2.43. The van der Waals surface area contributed by atoms with E-state index < -0.39 is 12.0 Å². The van der Waals surface area contributed by atoms with Crippen LogP contribution in [0.25, 0.3) is 10.9 Å². The number of likely N-dealkylation sites (tertiary alicyclic amines) is 1. The van der Waals surface area contributed by atoms with Crippen molar-refractivity contribution in [1.29, 1.82) is 0 Å². The summed E-state index contributed by atoms with van der Waals surface area (Å²) in [6, 6.07) is 4.09. The highest BCUT2D eigenvalue weighted by atomic mass is 19.3. The minimum atomic E-state index is -2.73. The summed E-state index contributed by atoms with van der Waals surface area (Å²) in [4.78, 5) is 33.8. The standard InChI is InChI=1S/C32H41F2N7O3/c1-21-16-26-24(7-9-35-26)29(22(21)2)41-10-8-25-27(18-41)36-31(44-19-23-17-32(33,34)20-38(23)3)37-30(25)40-13-11-39(12-14-40)28(42)6-5-15-43-4/h5-7,9,16,23,35H,8,10-15,17-20H2,1-4H3/b6-5+. The number of aromatic nitrogens is 3. The van der Waals surface area contributed by atoms with Gasteiger partial charge in [0.25, 0.3) is 5.92 Å². The van der Waals surface area contributed by atoms with Crippen molar-refractivity contribution in [2.75, 3.05) is 76.4 Å². The number of H-pyrrole nitrogens is 1. The average molecular weight is 610 g/mol. The first-order valence-corrected chi connectivity index (χ1v) is 15.3. The van der Waals surface area contributed by atoms with Crippen molar-refractivity contribution in [3.8, 4) is 6.01 Å². The SMILES string of the molecule is COC/C=C/C(=O)N1CCN(c2nc(OCC3CC(F)(F)CN3C)nc3c2CCN(c2c(C)c(C)cc4[nH]ccc24)C3)CC1. The smallest absolute Gasteiger partial charge is 0.318 e. The summed E-state index contributed by atoms with van der Waals surface area (Å²) in [5.41, 5.74) is 6.70. The van der Waals surface area contributed by atoms with Crippen molar-refractivity contribution in [3.63, 3.8) is 0 Å². The van der Waals surface area contributed by atoms with E-state index in [1.54, 1.807) is 31.2 Å². The zero-order valence-electron chi connectivity index (χ0n) is 25.9. The van der Waals surface area contributed by atoms with Crippen LogP contribution < -0.4 is 14.5 Å². The van der Waals surface area contributed by atoms with E-state index in [0.717, 1.165) is 35.6 Å². The number of ether oxygens (including phenoxy) is 2. The minimum absolute atomic E-state index is 0.0341. The zero-order valence-corrected chi connectivity index (χ0v) is 25.9. The van der Waals surface area contributed by atoms with E-state index in [2.05, 4.69) is 40.8 Å². The molecule has 1 aromatic carbocycles. The number of hydrogen-bond acceptors (Lipinski definition) is 8. The quantitative estimate of drug-likeness (QED) is 0.387. The lowest BCUT2D eigenvalue weighted by molar-refractivity contribution is -0.126. The number of anilines is 2. The Balaban J connectivity index is 1.27. The van der Waals surface area contributed by atoms with E-state index in [9.17, 15) is 13.6 Å². The number of aryl methyl sites for hydroxylation is 1. The molecule has 1 N–H and O–H groups in total. The lowest BCUT2D eigenvalue weighted by Crippen LogP contribution is -2.49. The van der Waals surface area contributed by atoms with Gasteiger partial charge in [-0.1, -0.05) is 6.08 Å². The molecule has 0 aliphatic carbocycles. The van der Waals surface area contributed by atoms with Crippen LogP contribution in [0.2, 0.25) is 0 Å². The summed E-state index contributed by atoms with van der Waals surface area (Å²) in [5.74, 6) is -1.95. The highest BCUT2D eigenvalue weighted by Crippen LogP contribution is 2.38. The number of nitrogens with one attached hydrogen (secondary N) is 1. The Morgan fingerprint density at radius 3 is 2.68 bits per heavy atom. The van der Waals surface area contributed by atoms with Crippen molar-refractivity contribution in [2.45, 2.75) is 45.2 Å². The van der Waals surface area contributed by atoms with Gasteiger partial charge in [0.1, 0.15) is 12.4 Å². The number of carbonyl (C=O) groups is 1. The number of rotatable bonds is 8. The predicted molar refractivity (Wildman–Crippen MR) is 166 cm³/mol. The fourth-order valence-electron chi connectivity index (χ4n) is 6.64. The number of hydrogen-bond donors (Lipinski definition) is 1. The molecule has 6 rings (SSSR count). The Hall–Kier alpha value is -3.77. The van der Waals surface area contributed by atoms with Gasteiger partial charge in [-0.2, -0.15) is 9.97 Å². The molecule has 1 unspecified atom stereocenters. The van der Waals surface area contributed by atoms with Crippen LogP contribution in [-0.4, -0.2) is 109 Å². The molecular formula is C32H41F2N7O3. The first kappa shape index (κ1) is 30.3. The summed E-state index contributed by atoms with van der Waals surface area (Å²) >= 11 is 0. The number of benzene rings is 1. The first-order chi connectivity index (χ1) is 21.1. The number of methoxy groups -OCH3 is 1. The second kappa shape index (κ2) is 12.3. The maximum Gasteiger partial charge on any atom is 0.318 e. The Kier molecular flexibility index (Phi) is 8.47. The lowest BCUT2D eigenvalue weighted by Gasteiger charge is -2.38. The van der Waals surface area contributed by atoms with Gasteiger partial charge in [-0.05, 0) is 50.6 Å². The van der Waals surface area contributed by atoms with Crippen molar-refractivity contribution >= 4 is 28.3 Å². The van der Waals surface area contributed by atoms with Gasteiger partial charge in [-0.3, -0.25) is 9.69 Å². The van der Waals surface area contributed by atoms with Crippen LogP contribution in [0.4, 0.5) is 20.3 Å². The van der Waals surface area contributed by atoms with Crippen LogP contribution in [0.1, 0.15) is 28.8 Å². The van der Waals surface area contributed by atoms with E-state index in [-0.39, 0.29) is 31.5 Å². The van der Waals surface area contributed by atoms with E-state index in [1.165, 1.54) is 22.2 Å². The first-order valence-electron chi connectivity index (χ1n) is 15.3. The van der Waals surface area contributed by atoms with Crippen molar-refractivity contribution in [3.05, 3.63) is 52.9 Å². The van der Waals surface area contributed by atoms with Crippen LogP contribution in [0.5, 0.6) is 6.01 Å². The van der Waals surface area contributed by atoms with E-state index in [1.807, 2.05) is 11.1 Å². The van der Waals surface area contributed by atoms with Gasteiger partial charge in [-0.25, -0.2) is 8.78 Å². The van der Waals surface area contributed by atoms with Crippen molar-refractivity contribution < 1.29 is 23.0 Å². The molecular weight excluding hydrogens is 568 g/mol. The molecule has 0 spiro atoms. The number of likely N-dealkylation sites (N-methyl/N-ethyl adjacent to an activating group) is 1. The van der Waals surface area contributed by atoms with Crippen LogP contribution in [0, 0.1) is 13.8 Å². The van der Waals surface area contributed by atoms with Gasteiger partial charge in [-0.15, -0.1) is 0 Å². The molecule has 236 valence electrons. The summed E-state index contributed by atoms with van der Waals surface area (Å²) in [6.45, 7) is 8.24. The number of amides is 1. The van der Waals surface area contributed by atoms with Gasteiger partial charge in [0, 0.05) is 86.7 Å². The van der Waals surface area contributed by atoms with E-state index >= 15 is 0 Å². The zero-order chi connectivity index (χ0) is 31.0. The Bertz CT molecular complexity index is 1550. The normalized spacial score (nSPS) is 20.6. The Morgan fingerprint density at radius 2 is 1.95 bits per heavy atom. The number of fused-ring (bicyclic) bond motifs is 2. The molecule has 0 bridgehead atoms. The van der Waals surface area contributed by atoms with Gasteiger partial charge in [0.2, 0.25) is 5.91 Å². The van der Waals surface area contributed by atoms with Crippen LogP contribution >= 0.6 is 0 Å². The maximum atomic E-state index is 14.0. The molecule has 1 amide bonds. The minimum Gasteiger partial charge on any atom is -0.462 e. The third-order valence-electron chi connectivity index (χ3n) is 9.14. The predicted octanol–water partition coefficient (Wildman–Crippen LogP) is 3.71. The van der Waals surface area contributed by atoms with Crippen molar-refractivity contribution in [1.82, 2.24) is 24.8 Å². The molecule has 44 heavy (non-hydrogen) atoms. The van der Waals surface area contributed by atoms with E-state index in [0.29, 0.717) is 39.3 Å². The number of halogens is 2. The lowest BCUT2D eigenvalue weighted by atomic mass is 9.99. The molecule has 5 heterocycles. The summed E-state index contributed by atoms with van der Waals surface area (Å²) < 4.78 is 39.2. The molecule has 3 aliphatic heterocycles. The largest absolute Gasteiger partial charge is 0.462 e. The molecule has 3 aromatic rings. The summed E-state index contributed by atoms with van der Waals surface area (Å²) in [7, 11) is 3.29. The average Bonchev–Trinajstić information content (AvgIpc) is 3.57. The number of nitrogens with zero attached hydrogens (tertiary/aromatic N) is 6. The Labute approximate surface area is 256 Å². The Morgan fingerprint density at radius 1 is 1.16 bits per heavy atom. The number of carbonyl (C=O) groups excluding carboxylic acids is 1. The molecule has 2 saturated heterocycles. The van der Waals surface area contributed by atoms with Crippen LogP contribution in [-0.2, 0) is 22.5 Å². The van der Waals surface area contributed by atoms with Crippen molar-refractivity contribution in [2.24, 2.45) is 0 Å². The molecule has 0 saturated carbocycles. The molecule has 1 atom stereocenters. The van der Waals surface area contributed by atoms with Crippen LogP contribution in [0.3, 0.4) is 0 Å². The van der Waals surface area contributed by atoms with Gasteiger partial charge < -0.3 is 29.2 Å². The molecule has 0 radical (unpaired) electrons. The second-order valence-corrected chi connectivity index (χ2v) is 12.1. The molecule has 2 aromatic heterocycles. The van der Waals surface area contributed by atoms with Crippen LogP contribution in [0.15, 0.2) is 30.5 Å². The number of aromatic amines is 1. The third-order valence-corrected chi connectivity index (χ3v) is 9.14. The monoisotopic (exact) mass is 609 g/mol. The van der Waals surface area contributed by atoms with Gasteiger partial charge in [0.05, 0.1) is 25.4 Å². The molecule has 2 fully saturated rings. The fraction of sp³-hybridized carbons (Fsp3) is 0.531. The third kappa shape index (κ3) is 6.10. The topological polar surface area (TPSA) is 90.1 Å². The maximum absolute atomic E-state index is 14.0. The summed E-state index contributed by atoms with van der Waals surface area (Å²) in [6.07, 6.45) is 5.76. The second-order valence-electron chi connectivity index (χ2n) is 12.1. The molecule has 10 nitrogen and oxygen atoms in total.